The van der Waals surface area contributed by atoms with Crippen LogP contribution in [0.3, 0.4) is 0 Å². The molecule has 1 N–H and O–H groups in total. The lowest BCUT2D eigenvalue weighted by atomic mass is 9.89. The van der Waals surface area contributed by atoms with Gasteiger partial charge in [-0.3, -0.25) is 9.59 Å². The highest BCUT2D eigenvalue weighted by Gasteiger charge is 2.50. The highest BCUT2D eigenvalue weighted by atomic mass is 35.5. The number of carbonyl (C=O) groups excluding carboxylic acids is 2. The molecule has 1 amide bonds. The molecule has 11 heteroatoms. The predicted octanol–water partition coefficient (Wildman–Crippen LogP) is 8.90. The van der Waals surface area contributed by atoms with Crippen molar-refractivity contribution < 1.29 is 42.4 Å². The molecule has 60 heavy (non-hydrogen) atoms. The number of methoxy groups -OCH3 is 1. The van der Waals surface area contributed by atoms with Crippen molar-refractivity contribution in [3.8, 4) is 5.75 Å². The lowest BCUT2D eigenvalue weighted by Gasteiger charge is -2.46. The molecule has 0 bridgehead atoms. The van der Waals surface area contributed by atoms with Crippen molar-refractivity contribution in [2.45, 2.75) is 63.4 Å². The van der Waals surface area contributed by atoms with Crippen LogP contribution in [-0.2, 0) is 61.3 Å². The molecule has 1 aliphatic heterocycles. The van der Waals surface area contributed by atoms with Crippen molar-refractivity contribution in [3.05, 3.63) is 196 Å². The van der Waals surface area contributed by atoms with Crippen LogP contribution in [-0.4, -0.2) is 56.4 Å². The smallest absolute Gasteiger partial charge is 0.224 e. The number of hydrogen-bond donors (Lipinski definition) is 1. The van der Waals surface area contributed by atoms with E-state index in [0.29, 0.717) is 28.5 Å². The Balaban J connectivity index is 1.25. The quantitative estimate of drug-likeness (QED) is 0.0754. The summed E-state index contributed by atoms with van der Waals surface area (Å²) >= 11 is 6.83. The molecule has 5 aromatic carbocycles. The van der Waals surface area contributed by atoms with Crippen LogP contribution >= 0.6 is 11.6 Å². The number of Topliss-reactive ketones (excluding diaryl/α,β-unsaturated/α-hetero) is 1. The molecule has 1 aromatic heterocycles. The molecule has 1 fully saturated rings. The monoisotopic (exact) mass is 829 g/mol. The fourth-order valence-corrected chi connectivity index (χ4v) is 7.35. The van der Waals surface area contributed by atoms with Crippen molar-refractivity contribution in [1.29, 1.82) is 0 Å². The van der Waals surface area contributed by atoms with Crippen LogP contribution < -0.4 is 10.1 Å². The number of ketones is 1. The molecule has 0 spiro atoms. The molecule has 1 aliphatic rings. The van der Waals surface area contributed by atoms with Gasteiger partial charge in [-0.1, -0.05) is 133 Å². The van der Waals surface area contributed by atoms with Crippen LogP contribution in [0.2, 0.25) is 5.02 Å². The molecule has 0 aliphatic carbocycles. The van der Waals surface area contributed by atoms with Gasteiger partial charge in [0, 0.05) is 10.6 Å². The Morgan fingerprint density at radius 3 is 1.72 bits per heavy atom. The molecule has 10 nitrogen and oxygen atoms in total. The summed E-state index contributed by atoms with van der Waals surface area (Å²) in [4.78, 5) is 25.9. The number of nitrogens with one attached hydrogen (secondary N) is 1. The number of ether oxygens (including phenoxy) is 6. The van der Waals surface area contributed by atoms with E-state index >= 15 is 0 Å². The molecule has 5 atom stereocenters. The summed E-state index contributed by atoms with van der Waals surface area (Å²) in [5.74, 6) is -0.159. The van der Waals surface area contributed by atoms with Crippen molar-refractivity contribution in [2.24, 2.45) is 0 Å². The van der Waals surface area contributed by atoms with Crippen molar-refractivity contribution in [3.63, 3.8) is 0 Å². The average Bonchev–Trinajstić information content (AvgIpc) is 3.84. The minimum Gasteiger partial charge on any atom is -0.496 e. The Bertz CT molecular complexity index is 2220. The minimum absolute atomic E-state index is 0.121. The Labute approximate surface area is 355 Å². The molecule has 7 rings (SSSR count). The summed E-state index contributed by atoms with van der Waals surface area (Å²) in [7, 11) is 1.56. The first-order valence-corrected chi connectivity index (χ1v) is 20.3. The zero-order valence-corrected chi connectivity index (χ0v) is 34.1. The van der Waals surface area contributed by atoms with Crippen LogP contribution in [0.5, 0.6) is 5.75 Å². The SMILES string of the molecule is COc1cc(Cl)c(CC(=O)NCC(=O)c2ccco2)cc1[C@@H]1O[C@H](COCc2ccccc2)[C@@H](OCc2ccccc2)[C@H](OCc2ccccc2)[C@H]1OCc1ccccc1. The van der Waals surface area contributed by atoms with Crippen molar-refractivity contribution >= 4 is 23.3 Å². The first-order valence-electron chi connectivity index (χ1n) is 19.9. The minimum atomic E-state index is -0.814. The zero-order chi connectivity index (χ0) is 41.5. The molecule has 6 aromatic rings. The van der Waals surface area contributed by atoms with Gasteiger partial charge >= 0.3 is 0 Å². The average molecular weight is 830 g/mol. The number of halogens is 1. The van der Waals surface area contributed by atoms with E-state index in [9.17, 15) is 9.59 Å². The topological polar surface area (TPSA) is 115 Å². The van der Waals surface area contributed by atoms with Gasteiger partial charge in [0.1, 0.15) is 36.3 Å². The summed E-state index contributed by atoms with van der Waals surface area (Å²) in [6.45, 7) is 1.08. The second kappa shape index (κ2) is 21.6. The number of rotatable bonds is 20. The van der Waals surface area contributed by atoms with E-state index < -0.39 is 36.4 Å². The fourth-order valence-electron chi connectivity index (χ4n) is 7.13. The van der Waals surface area contributed by atoms with E-state index in [1.165, 1.54) is 6.26 Å². The lowest BCUT2D eigenvalue weighted by molar-refractivity contribution is -0.275. The highest BCUT2D eigenvalue weighted by Crippen LogP contribution is 2.43. The second-order valence-electron chi connectivity index (χ2n) is 14.4. The Morgan fingerprint density at radius 2 is 1.18 bits per heavy atom. The van der Waals surface area contributed by atoms with Gasteiger partial charge in [0.2, 0.25) is 11.7 Å². The predicted molar refractivity (Wildman–Crippen MR) is 227 cm³/mol. The number of benzene rings is 5. The van der Waals surface area contributed by atoms with E-state index in [4.69, 9.17) is 44.4 Å². The van der Waals surface area contributed by atoms with Gasteiger partial charge in [-0.25, -0.2) is 0 Å². The summed E-state index contributed by atoms with van der Waals surface area (Å²) in [6, 6.07) is 46.3. The number of amides is 1. The number of carbonyl (C=O) groups is 2. The van der Waals surface area contributed by atoms with E-state index in [0.717, 1.165) is 22.3 Å². The van der Waals surface area contributed by atoms with Crippen LogP contribution in [0.15, 0.2) is 156 Å². The molecule has 0 saturated carbocycles. The Hall–Kier alpha value is -5.59. The first kappa shape index (κ1) is 42.5. The highest BCUT2D eigenvalue weighted by molar-refractivity contribution is 6.31. The number of furan rings is 1. The summed E-state index contributed by atoms with van der Waals surface area (Å²) in [5, 5.41) is 3.00. The third kappa shape index (κ3) is 11.6. The molecule has 2 heterocycles. The van der Waals surface area contributed by atoms with Crippen molar-refractivity contribution in [2.75, 3.05) is 20.3 Å². The largest absolute Gasteiger partial charge is 0.496 e. The molecule has 0 unspecified atom stereocenters. The van der Waals surface area contributed by atoms with Crippen LogP contribution in [0.4, 0.5) is 0 Å². The Morgan fingerprint density at radius 1 is 0.650 bits per heavy atom. The van der Waals surface area contributed by atoms with Gasteiger partial charge in [0.25, 0.3) is 0 Å². The maximum absolute atomic E-state index is 13.3. The van der Waals surface area contributed by atoms with Gasteiger partial charge < -0.3 is 38.2 Å². The molecule has 310 valence electrons. The lowest BCUT2D eigenvalue weighted by Crippen LogP contribution is -2.58. The second-order valence-corrected chi connectivity index (χ2v) is 14.8. The fraction of sp³-hybridized carbons (Fsp3) is 0.265. The third-order valence-electron chi connectivity index (χ3n) is 10.2. The van der Waals surface area contributed by atoms with Crippen LogP contribution in [0.25, 0.3) is 0 Å². The van der Waals surface area contributed by atoms with Gasteiger partial charge in [0.15, 0.2) is 5.76 Å². The van der Waals surface area contributed by atoms with Gasteiger partial charge in [-0.2, -0.15) is 0 Å². The maximum atomic E-state index is 13.3. The summed E-state index contributed by atoms with van der Waals surface area (Å²) in [5.41, 5.74) is 5.03. The van der Waals surface area contributed by atoms with Gasteiger partial charge in [-0.15, -0.1) is 0 Å². The zero-order valence-electron chi connectivity index (χ0n) is 33.3. The van der Waals surface area contributed by atoms with Crippen molar-refractivity contribution in [1.82, 2.24) is 5.32 Å². The summed E-state index contributed by atoms with van der Waals surface area (Å²) in [6.07, 6.45) is -2.29. The maximum Gasteiger partial charge on any atom is 0.224 e. The van der Waals surface area contributed by atoms with Crippen LogP contribution in [0.1, 0.15) is 50.0 Å². The third-order valence-corrected chi connectivity index (χ3v) is 10.5. The van der Waals surface area contributed by atoms with E-state index in [-0.39, 0.29) is 50.9 Å². The van der Waals surface area contributed by atoms with E-state index in [1.807, 2.05) is 121 Å². The Kier molecular flexibility index (Phi) is 15.3. The molecular formula is C49H48ClNO9. The molecule has 1 saturated heterocycles. The summed E-state index contributed by atoms with van der Waals surface area (Å²) < 4.78 is 45.3. The number of hydrogen-bond acceptors (Lipinski definition) is 9. The first-order chi connectivity index (χ1) is 29.4. The normalized spacial score (nSPS) is 18.8. The van der Waals surface area contributed by atoms with E-state index in [2.05, 4.69) is 5.32 Å². The van der Waals surface area contributed by atoms with Gasteiger partial charge in [-0.05, 0) is 52.1 Å². The standard InChI is InChI=1S/C49H48ClNO9/c1-54-43-27-40(50)38(26-45(53)51-28-41(52)42-23-14-24-56-42)25-39(43)46-48(58-31-36-19-10-4-11-20-36)49(59-32-37-21-12-5-13-22-37)47(57-30-35-17-8-3-9-18-35)44(60-46)33-55-29-34-15-6-2-7-16-34/h2-25,27,44,46-49H,26,28-33H2,1H3,(H,51,53)/t44-,46+,47-,48+,49+/m1/s1. The molecule has 0 radical (unpaired) electrons. The molecular weight excluding hydrogens is 782 g/mol. The van der Waals surface area contributed by atoms with Gasteiger partial charge in [0.05, 0.1) is 59.4 Å². The van der Waals surface area contributed by atoms with Crippen LogP contribution in [0, 0.1) is 0 Å². The van der Waals surface area contributed by atoms with E-state index in [1.54, 1.807) is 31.4 Å².